The van der Waals surface area contributed by atoms with Crippen molar-refractivity contribution in [3.63, 3.8) is 0 Å². The van der Waals surface area contributed by atoms with Crippen LogP contribution in [0, 0.1) is 22.7 Å². The number of benzene rings is 1. The number of hydrogen-bond acceptors (Lipinski definition) is 2. The molecule has 1 aromatic carbocycles. The topological polar surface area (TPSA) is 52.9 Å². The molecule has 3 nitrogen and oxygen atoms in total. The SMILES string of the molecule is CCC(C)(C)C(C#N)C(=O)NC(C)(C)c1ccccc1. The Balaban J connectivity index is 2.92. The fourth-order valence-corrected chi connectivity index (χ4v) is 2.10. The van der Waals surface area contributed by atoms with Crippen LogP contribution in [0.1, 0.15) is 46.6 Å². The number of carbonyl (C=O) groups is 1. The average molecular weight is 272 g/mol. The van der Waals surface area contributed by atoms with Gasteiger partial charge >= 0.3 is 0 Å². The van der Waals surface area contributed by atoms with Crippen molar-refractivity contribution < 1.29 is 4.79 Å². The van der Waals surface area contributed by atoms with Gasteiger partial charge in [-0.05, 0) is 31.2 Å². The minimum Gasteiger partial charge on any atom is -0.346 e. The smallest absolute Gasteiger partial charge is 0.238 e. The van der Waals surface area contributed by atoms with Crippen molar-refractivity contribution in [1.29, 1.82) is 5.26 Å². The summed E-state index contributed by atoms with van der Waals surface area (Å²) in [5, 5.41) is 12.3. The summed E-state index contributed by atoms with van der Waals surface area (Å²) in [5.74, 6) is -0.844. The Morgan fingerprint density at radius 3 is 2.25 bits per heavy atom. The Morgan fingerprint density at radius 2 is 1.80 bits per heavy atom. The van der Waals surface area contributed by atoms with E-state index in [9.17, 15) is 10.1 Å². The number of rotatable bonds is 5. The molecule has 1 N–H and O–H groups in total. The van der Waals surface area contributed by atoms with Gasteiger partial charge in [-0.2, -0.15) is 5.26 Å². The zero-order chi connectivity index (χ0) is 15.4. The first-order chi connectivity index (χ1) is 9.24. The highest BCUT2D eigenvalue weighted by atomic mass is 16.2. The number of nitrogens with one attached hydrogen (secondary N) is 1. The lowest BCUT2D eigenvalue weighted by atomic mass is 9.76. The molecule has 0 aromatic heterocycles. The van der Waals surface area contributed by atoms with Crippen molar-refractivity contribution in [2.75, 3.05) is 0 Å². The second-order valence-corrected chi connectivity index (χ2v) is 6.38. The summed E-state index contributed by atoms with van der Waals surface area (Å²) >= 11 is 0. The normalized spacial score (nSPS) is 13.4. The van der Waals surface area contributed by atoms with E-state index in [2.05, 4.69) is 11.4 Å². The molecule has 0 radical (unpaired) electrons. The van der Waals surface area contributed by atoms with Crippen LogP contribution in [0.25, 0.3) is 0 Å². The molecule has 0 heterocycles. The van der Waals surface area contributed by atoms with E-state index in [1.807, 2.05) is 65.0 Å². The molecule has 1 atom stereocenters. The van der Waals surface area contributed by atoms with Crippen LogP contribution >= 0.6 is 0 Å². The molecule has 0 saturated carbocycles. The molecular formula is C17H24N2O. The van der Waals surface area contributed by atoms with Crippen molar-refractivity contribution in [1.82, 2.24) is 5.32 Å². The number of carbonyl (C=O) groups excluding carboxylic acids is 1. The van der Waals surface area contributed by atoms with Gasteiger partial charge in [0.2, 0.25) is 5.91 Å². The molecule has 0 aliphatic heterocycles. The van der Waals surface area contributed by atoms with E-state index >= 15 is 0 Å². The predicted octanol–water partition coefficient (Wildman–Crippen LogP) is 3.61. The van der Waals surface area contributed by atoms with Gasteiger partial charge in [0.1, 0.15) is 5.92 Å². The van der Waals surface area contributed by atoms with Gasteiger partial charge in [-0.3, -0.25) is 4.79 Å². The van der Waals surface area contributed by atoms with Gasteiger partial charge < -0.3 is 5.32 Å². The molecule has 108 valence electrons. The van der Waals surface area contributed by atoms with Crippen molar-refractivity contribution in [3.8, 4) is 6.07 Å². The Bertz CT molecular complexity index is 497. The molecule has 1 amide bonds. The maximum absolute atomic E-state index is 12.4. The minimum absolute atomic E-state index is 0.201. The largest absolute Gasteiger partial charge is 0.346 e. The Morgan fingerprint density at radius 1 is 1.25 bits per heavy atom. The number of nitriles is 1. The second kappa shape index (κ2) is 6.09. The summed E-state index contributed by atoms with van der Waals surface area (Å²) in [7, 11) is 0. The van der Waals surface area contributed by atoms with Crippen LogP contribution in [0.4, 0.5) is 0 Å². The molecule has 1 rings (SSSR count). The van der Waals surface area contributed by atoms with Crippen LogP contribution in [-0.2, 0) is 10.3 Å². The number of hydrogen-bond donors (Lipinski definition) is 1. The van der Waals surface area contributed by atoms with Crippen molar-refractivity contribution in [3.05, 3.63) is 35.9 Å². The molecule has 20 heavy (non-hydrogen) atoms. The molecule has 3 heteroatoms. The van der Waals surface area contributed by atoms with Gasteiger partial charge in [-0.25, -0.2) is 0 Å². The Kier molecular flexibility index (Phi) is 4.94. The van der Waals surface area contributed by atoms with Crippen molar-refractivity contribution in [2.24, 2.45) is 11.3 Å². The average Bonchev–Trinajstić information content (AvgIpc) is 2.39. The predicted molar refractivity (Wildman–Crippen MR) is 80.8 cm³/mol. The van der Waals surface area contributed by atoms with Gasteiger partial charge in [-0.1, -0.05) is 51.1 Å². The lowest BCUT2D eigenvalue weighted by molar-refractivity contribution is -0.128. The highest BCUT2D eigenvalue weighted by Crippen LogP contribution is 2.31. The highest BCUT2D eigenvalue weighted by molar-refractivity contribution is 5.82. The maximum Gasteiger partial charge on any atom is 0.238 e. The lowest BCUT2D eigenvalue weighted by Gasteiger charge is -2.32. The van der Waals surface area contributed by atoms with Crippen molar-refractivity contribution >= 4 is 5.91 Å². The van der Waals surface area contributed by atoms with Crippen LogP contribution in [0.5, 0.6) is 0 Å². The van der Waals surface area contributed by atoms with Gasteiger partial charge in [0, 0.05) is 0 Å². The molecule has 0 aliphatic carbocycles. The quantitative estimate of drug-likeness (QED) is 0.890. The molecule has 0 spiro atoms. The highest BCUT2D eigenvalue weighted by Gasteiger charge is 2.36. The van der Waals surface area contributed by atoms with Crippen LogP contribution in [0.3, 0.4) is 0 Å². The third-order valence-electron chi connectivity index (χ3n) is 4.02. The summed E-state index contributed by atoms with van der Waals surface area (Å²) < 4.78 is 0. The fourth-order valence-electron chi connectivity index (χ4n) is 2.10. The van der Waals surface area contributed by atoms with Crippen LogP contribution in [0.15, 0.2) is 30.3 Å². The van der Waals surface area contributed by atoms with E-state index in [1.54, 1.807) is 0 Å². The molecular weight excluding hydrogens is 248 g/mol. The zero-order valence-corrected chi connectivity index (χ0v) is 13.0. The lowest BCUT2D eigenvalue weighted by Crippen LogP contribution is -2.47. The van der Waals surface area contributed by atoms with E-state index < -0.39 is 11.5 Å². The van der Waals surface area contributed by atoms with E-state index in [0.717, 1.165) is 12.0 Å². The Hall–Kier alpha value is -1.82. The number of nitrogens with zero attached hydrogens (tertiary/aromatic N) is 1. The van der Waals surface area contributed by atoms with E-state index in [1.165, 1.54) is 0 Å². The molecule has 0 aliphatic rings. The molecule has 1 aromatic rings. The first-order valence-electron chi connectivity index (χ1n) is 7.02. The molecule has 1 unspecified atom stereocenters. The van der Waals surface area contributed by atoms with Gasteiger partial charge in [-0.15, -0.1) is 0 Å². The monoisotopic (exact) mass is 272 g/mol. The molecule has 0 saturated heterocycles. The molecule has 0 bridgehead atoms. The minimum atomic E-state index is -0.643. The third-order valence-corrected chi connectivity index (χ3v) is 4.02. The van der Waals surface area contributed by atoms with Crippen LogP contribution in [0.2, 0.25) is 0 Å². The maximum atomic E-state index is 12.4. The summed E-state index contributed by atoms with van der Waals surface area (Å²) in [4.78, 5) is 12.4. The van der Waals surface area contributed by atoms with E-state index in [0.29, 0.717) is 0 Å². The van der Waals surface area contributed by atoms with Gasteiger partial charge in [0.15, 0.2) is 0 Å². The number of amides is 1. The summed E-state index contributed by atoms with van der Waals surface area (Å²) in [6, 6.07) is 11.9. The molecule has 0 fully saturated rings. The summed E-state index contributed by atoms with van der Waals surface area (Å²) in [6.45, 7) is 9.81. The standard InChI is InChI=1S/C17H24N2O/c1-6-16(2,3)14(12-18)15(20)19-17(4,5)13-10-8-7-9-11-13/h7-11,14H,6H2,1-5H3,(H,19,20). The second-order valence-electron chi connectivity index (χ2n) is 6.38. The summed E-state index contributed by atoms with van der Waals surface area (Å²) in [5.41, 5.74) is 0.211. The van der Waals surface area contributed by atoms with Crippen molar-refractivity contribution in [2.45, 2.75) is 46.6 Å². The third kappa shape index (κ3) is 3.60. The zero-order valence-electron chi connectivity index (χ0n) is 13.0. The van der Waals surface area contributed by atoms with E-state index in [4.69, 9.17) is 0 Å². The first kappa shape index (κ1) is 16.2. The van der Waals surface area contributed by atoms with E-state index in [-0.39, 0.29) is 11.3 Å². The van der Waals surface area contributed by atoms with Gasteiger partial charge in [0.05, 0.1) is 11.6 Å². The summed E-state index contributed by atoms with van der Waals surface area (Å²) in [6.07, 6.45) is 0.782. The first-order valence-corrected chi connectivity index (χ1v) is 7.02. The Labute approximate surface area is 122 Å². The van der Waals surface area contributed by atoms with Crippen LogP contribution < -0.4 is 5.32 Å². The fraction of sp³-hybridized carbons (Fsp3) is 0.529. The van der Waals surface area contributed by atoms with Gasteiger partial charge in [0.25, 0.3) is 0 Å². The van der Waals surface area contributed by atoms with Crippen LogP contribution in [-0.4, -0.2) is 5.91 Å².